The van der Waals surface area contributed by atoms with Crippen molar-refractivity contribution in [1.82, 2.24) is 0 Å². The molecule has 0 bridgehead atoms. The maximum absolute atomic E-state index is 13.3. The number of rotatable bonds is 10. The Morgan fingerprint density at radius 2 is 1.65 bits per heavy atom. The molecule has 0 heterocycles. The number of hydrogen-bond acceptors (Lipinski definition) is 1. The highest BCUT2D eigenvalue weighted by Gasteiger charge is 2.09. The van der Waals surface area contributed by atoms with E-state index in [0.717, 1.165) is 5.69 Å². The summed E-state index contributed by atoms with van der Waals surface area (Å²) in [5, 5.41) is 3.57. The van der Waals surface area contributed by atoms with E-state index in [1.165, 1.54) is 57.4 Å². The zero-order chi connectivity index (χ0) is 14.8. The van der Waals surface area contributed by atoms with Gasteiger partial charge in [0.2, 0.25) is 0 Å². The lowest BCUT2D eigenvalue weighted by atomic mass is 10.0. The number of halogens is 2. The predicted octanol–water partition coefficient (Wildman–Crippen LogP) is 6.53. The monoisotopic (exact) mass is 343 g/mol. The first-order chi connectivity index (χ1) is 9.67. The van der Waals surface area contributed by atoms with Crippen LogP contribution < -0.4 is 5.32 Å². The second kappa shape index (κ2) is 10.2. The third kappa shape index (κ3) is 6.74. The van der Waals surface area contributed by atoms with E-state index in [2.05, 4.69) is 35.1 Å². The minimum absolute atomic E-state index is 0.205. The fourth-order valence-corrected chi connectivity index (χ4v) is 2.77. The molecule has 0 saturated carbocycles. The Labute approximate surface area is 131 Å². The van der Waals surface area contributed by atoms with Gasteiger partial charge in [0.15, 0.2) is 0 Å². The molecule has 0 aliphatic carbocycles. The fourth-order valence-electron chi connectivity index (χ4n) is 2.39. The van der Waals surface area contributed by atoms with Crippen molar-refractivity contribution in [3.63, 3.8) is 0 Å². The van der Waals surface area contributed by atoms with Crippen LogP contribution in [-0.2, 0) is 0 Å². The maximum Gasteiger partial charge on any atom is 0.137 e. The molecule has 0 radical (unpaired) electrons. The Bertz CT molecular complexity index is 371. The third-order valence-electron chi connectivity index (χ3n) is 3.60. The van der Waals surface area contributed by atoms with E-state index in [-0.39, 0.29) is 5.82 Å². The lowest BCUT2D eigenvalue weighted by molar-refractivity contribution is 0.526. The Morgan fingerprint density at radius 3 is 2.15 bits per heavy atom. The minimum Gasteiger partial charge on any atom is -0.382 e. The molecule has 1 aromatic carbocycles. The van der Waals surface area contributed by atoms with Crippen LogP contribution in [0, 0.1) is 5.82 Å². The molecule has 20 heavy (non-hydrogen) atoms. The van der Waals surface area contributed by atoms with E-state index in [1.54, 1.807) is 0 Å². The van der Waals surface area contributed by atoms with Crippen molar-refractivity contribution < 1.29 is 4.39 Å². The Morgan fingerprint density at radius 1 is 1.05 bits per heavy atom. The van der Waals surface area contributed by atoms with Crippen LogP contribution in [-0.4, -0.2) is 6.04 Å². The Hall–Kier alpha value is -0.570. The van der Waals surface area contributed by atoms with E-state index >= 15 is 0 Å². The number of anilines is 1. The van der Waals surface area contributed by atoms with Gasteiger partial charge in [-0.25, -0.2) is 4.39 Å². The zero-order valence-corrected chi connectivity index (χ0v) is 14.3. The molecular formula is C17H27BrFN. The van der Waals surface area contributed by atoms with Crippen molar-refractivity contribution in [2.24, 2.45) is 0 Å². The minimum atomic E-state index is -0.205. The molecule has 1 nitrogen and oxygen atoms in total. The molecule has 0 atom stereocenters. The first kappa shape index (κ1) is 17.5. The molecule has 0 saturated heterocycles. The van der Waals surface area contributed by atoms with Crippen molar-refractivity contribution in [2.45, 2.75) is 71.3 Å². The molecule has 0 aliphatic rings. The van der Waals surface area contributed by atoms with Crippen LogP contribution in [0.4, 0.5) is 10.1 Å². The van der Waals surface area contributed by atoms with Crippen molar-refractivity contribution in [3.8, 4) is 0 Å². The highest BCUT2D eigenvalue weighted by molar-refractivity contribution is 9.10. The average molecular weight is 344 g/mol. The molecule has 0 aromatic heterocycles. The smallest absolute Gasteiger partial charge is 0.137 e. The molecule has 1 N–H and O–H groups in total. The third-order valence-corrected chi connectivity index (χ3v) is 4.21. The van der Waals surface area contributed by atoms with Gasteiger partial charge in [-0.1, -0.05) is 52.4 Å². The number of nitrogens with one attached hydrogen (secondary N) is 1. The van der Waals surface area contributed by atoms with Crippen LogP contribution in [0.25, 0.3) is 0 Å². The second-order valence-electron chi connectivity index (χ2n) is 5.46. The molecule has 1 aromatic rings. The summed E-state index contributed by atoms with van der Waals surface area (Å²) in [5.41, 5.74) is 1.01. The van der Waals surface area contributed by atoms with Gasteiger partial charge in [-0.3, -0.25) is 0 Å². The molecule has 0 amide bonds. The van der Waals surface area contributed by atoms with Gasteiger partial charge in [-0.05, 0) is 47.0 Å². The van der Waals surface area contributed by atoms with Crippen LogP contribution in [0.2, 0.25) is 0 Å². The van der Waals surface area contributed by atoms with Gasteiger partial charge in [0.25, 0.3) is 0 Å². The number of unbranched alkanes of at least 4 members (excludes halogenated alkanes) is 4. The summed E-state index contributed by atoms with van der Waals surface area (Å²) in [7, 11) is 0. The first-order valence-corrected chi connectivity index (χ1v) is 8.68. The molecule has 0 fully saturated rings. The normalized spacial score (nSPS) is 11.1. The summed E-state index contributed by atoms with van der Waals surface area (Å²) < 4.78 is 13.8. The molecule has 3 heteroatoms. The lowest BCUT2D eigenvalue weighted by Gasteiger charge is -2.20. The molecule has 0 spiro atoms. The van der Waals surface area contributed by atoms with Crippen LogP contribution in [0.5, 0.6) is 0 Å². The highest BCUT2D eigenvalue weighted by Crippen LogP contribution is 2.22. The summed E-state index contributed by atoms with van der Waals surface area (Å²) in [5.74, 6) is -0.205. The van der Waals surface area contributed by atoms with Crippen LogP contribution in [0.1, 0.15) is 65.2 Å². The van der Waals surface area contributed by atoms with E-state index in [0.29, 0.717) is 10.5 Å². The van der Waals surface area contributed by atoms with Gasteiger partial charge in [-0.2, -0.15) is 0 Å². The Kier molecular flexibility index (Phi) is 8.92. The molecule has 1 rings (SSSR count). The van der Waals surface area contributed by atoms with Crippen LogP contribution in [0.15, 0.2) is 22.7 Å². The topological polar surface area (TPSA) is 12.0 Å². The maximum atomic E-state index is 13.3. The van der Waals surface area contributed by atoms with Crippen molar-refractivity contribution >= 4 is 21.6 Å². The van der Waals surface area contributed by atoms with E-state index in [9.17, 15) is 4.39 Å². The van der Waals surface area contributed by atoms with Crippen LogP contribution in [0.3, 0.4) is 0 Å². The van der Waals surface area contributed by atoms with Gasteiger partial charge in [0, 0.05) is 11.7 Å². The molecule has 0 unspecified atom stereocenters. The quantitative estimate of drug-likeness (QED) is 0.476. The molecule has 0 aliphatic heterocycles. The van der Waals surface area contributed by atoms with Gasteiger partial charge in [0.1, 0.15) is 5.82 Å². The fraction of sp³-hybridized carbons (Fsp3) is 0.647. The van der Waals surface area contributed by atoms with E-state index in [1.807, 2.05) is 12.1 Å². The molecular weight excluding hydrogens is 317 g/mol. The van der Waals surface area contributed by atoms with Gasteiger partial charge in [-0.15, -0.1) is 0 Å². The van der Waals surface area contributed by atoms with Crippen LogP contribution >= 0.6 is 15.9 Å². The van der Waals surface area contributed by atoms with E-state index in [4.69, 9.17) is 0 Å². The summed E-state index contributed by atoms with van der Waals surface area (Å²) >= 11 is 3.25. The summed E-state index contributed by atoms with van der Waals surface area (Å²) in [6, 6.07) is 5.68. The van der Waals surface area contributed by atoms with Gasteiger partial charge >= 0.3 is 0 Å². The highest BCUT2D eigenvalue weighted by atomic mass is 79.9. The lowest BCUT2D eigenvalue weighted by Crippen LogP contribution is -2.19. The number of benzene rings is 1. The average Bonchev–Trinajstić information content (AvgIpc) is 2.43. The first-order valence-electron chi connectivity index (χ1n) is 7.89. The van der Waals surface area contributed by atoms with E-state index < -0.39 is 0 Å². The summed E-state index contributed by atoms with van der Waals surface area (Å²) in [6.45, 7) is 4.47. The van der Waals surface area contributed by atoms with Crippen molar-refractivity contribution in [3.05, 3.63) is 28.5 Å². The number of hydrogen-bond donors (Lipinski definition) is 1. The van der Waals surface area contributed by atoms with Crippen molar-refractivity contribution in [1.29, 1.82) is 0 Å². The molecule has 114 valence electrons. The summed E-state index contributed by atoms with van der Waals surface area (Å²) in [6.07, 6.45) is 10.0. The Balaban J connectivity index is 2.54. The zero-order valence-electron chi connectivity index (χ0n) is 12.7. The second-order valence-corrected chi connectivity index (χ2v) is 6.32. The van der Waals surface area contributed by atoms with Gasteiger partial charge in [0.05, 0.1) is 4.47 Å². The largest absolute Gasteiger partial charge is 0.382 e. The SMILES string of the molecule is CCCCCC(CCCCC)Nc1ccc(F)c(Br)c1. The summed E-state index contributed by atoms with van der Waals surface area (Å²) in [4.78, 5) is 0. The standard InChI is InChI=1S/C17H27BrFN/c1-3-5-7-9-14(10-8-6-4-2)20-15-11-12-17(19)16(18)13-15/h11-14,20H,3-10H2,1-2H3. The van der Waals surface area contributed by atoms with Gasteiger partial charge < -0.3 is 5.32 Å². The predicted molar refractivity (Wildman–Crippen MR) is 89.8 cm³/mol. The van der Waals surface area contributed by atoms with Crippen molar-refractivity contribution in [2.75, 3.05) is 5.32 Å².